The maximum Gasteiger partial charge on any atom is 0.239 e. The minimum Gasteiger partial charge on any atom is -0.354 e. The summed E-state index contributed by atoms with van der Waals surface area (Å²) in [5.74, 6) is 0.219. The molecule has 6 heteroatoms. The fourth-order valence-corrected chi connectivity index (χ4v) is 4.41. The van der Waals surface area contributed by atoms with Crippen molar-refractivity contribution in [2.24, 2.45) is 5.92 Å². The number of rotatable bonds is 6. The lowest BCUT2D eigenvalue weighted by molar-refractivity contribution is -0.121. The van der Waals surface area contributed by atoms with Crippen molar-refractivity contribution in [2.75, 3.05) is 6.54 Å². The highest BCUT2D eigenvalue weighted by molar-refractivity contribution is 7.91. The van der Waals surface area contributed by atoms with E-state index in [0.29, 0.717) is 17.8 Å². The zero-order valence-corrected chi connectivity index (χ0v) is 16.6. The van der Waals surface area contributed by atoms with Gasteiger partial charge >= 0.3 is 0 Å². The van der Waals surface area contributed by atoms with Crippen molar-refractivity contribution in [3.8, 4) is 0 Å². The monoisotopic (exact) mass is 384 g/mol. The average molecular weight is 385 g/mol. The topological polar surface area (TPSA) is 68.2 Å². The van der Waals surface area contributed by atoms with E-state index in [4.69, 9.17) is 0 Å². The van der Waals surface area contributed by atoms with E-state index in [1.807, 2.05) is 32.9 Å². The first kappa shape index (κ1) is 19.2. The highest BCUT2D eigenvalue weighted by Gasteiger charge is 2.23. The number of hydrogen-bond donors (Lipinski definition) is 1. The molecule has 1 aromatic heterocycles. The van der Waals surface area contributed by atoms with E-state index in [-0.39, 0.29) is 22.2 Å². The van der Waals surface area contributed by atoms with Crippen LogP contribution in [0.15, 0.2) is 64.5 Å². The Balaban J connectivity index is 2.02. The van der Waals surface area contributed by atoms with Crippen LogP contribution in [0.1, 0.15) is 19.4 Å². The maximum absolute atomic E-state index is 13.2. The fourth-order valence-electron chi connectivity index (χ4n) is 2.93. The van der Waals surface area contributed by atoms with Gasteiger partial charge in [0.1, 0.15) is 6.54 Å². The predicted octanol–water partition coefficient (Wildman–Crippen LogP) is 3.55. The molecule has 0 aliphatic carbocycles. The van der Waals surface area contributed by atoms with Crippen molar-refractivity contribution < 1.29 is 13.2 Å². The van der Waals surface area contributed by atoms with E-state index in [1.54, 1.807) is 47.2 Å². The number of fused-ring (bicyclic) bond motifs is 1. The molecule has 27 heavy (non-hydrogen) atoms. The summed E-state index contributed by atoms with van der Waals surface area (Å²) in [6.45, 7) is 6.64. The van der Waals surface area contributed by atoms with E-state index in [0.717, 1.165) is 11.1 Å². The third kappa shape index (κ3) is 4.06. The van der Waals surface area contributed by atoms with Gasteiger partial charge in [0.05, 0.1) is 9.79 Å². The van der Waals surface area contributed by atoms with E-state index >= 15 is 0 Å². The summed E-state index contributed by atoms with van der Waals surface area (Å²) in [6, 6.07) is 14.1. The SMILES string of the molecule is Cc1ccc(S(=O)(=O)c2cn(CC(=O)NCC(C)C)c3ccccc23)cc1. The Morgan fingerprint density at radius 2 is 1.74 bits per heavy atom. The molecule has 0 saturated heterocycles. The predicted molar refractivity (Wildman–Crippen MR) is 106 cm³/mol. The summed E-state index contributed by atoms with van der Waals surface area (Å²) < 4.78 is 28.0. The average Bonchev–Trinajstić information content (AvgIpc) is 3.00. The van der Waals surface area contributed by atoms with Gasteiger partial charge < -0.3 is 9.88 Å². The summed E-state index contributed by atoms with van der Waals surface area (Å²) >= 11 is 0. The Morgan fingerprint density at radius 1 is 1.07 bits per heavy atom. The van der Waals surface area contributed by atoms with Crippen molar-refractivity contribution in [3.05, 3.63) is 60.3 Å². The van der Waals surface area contributed by atoms with E-state index in [1.165, 1.54) is 0 Å². The zero-order valence-electron chi connectivity index (χ0n) is 15.8. The lowest BCUT2D eigenvalue weighted by atomic mass is 10.2. The number of hydrogen-bond acceptors (Lipinski definition) is 3. The number of carbonyl (C=O) groups excluding carboxylic acids is 1. The molecular formula is C21H24N2O3S. The van der Waals surface area contributed by atoms with Gasteiger partial charge in [0.25, 0.3) is 0 Å². The van der Waals surface area contributed by atoms with Crippen LogP contribution in [0.3, 0.4) is 0 Å². The minimum atomic E-state index is -3.68. The van der Waals surface area contributed by atoms with Gasteiger partial charge in [-0.2, -0.15) is 0 Å². The van der Waals surface area contributed by atoms with Crippen LogP contribution in [0, 0.1) is 12.8 Å². The first-order valence-electron chi connectivity index (χ1n) is 8.95. The molecule has 0 atom stereocenters. The lowest BCUT2D eigenvalue weighted by Crippen LogP contribution is -2.30. The summed E-state index contributed by atoms with van der Waals surface area (Å²) in [5.41, 5.74) is 1.72. The van der Waals surface area contributed by atoms with Crippen LogP contribution >= 0.6 is 0 Å². The number of benzene rings is 2. The second kappa shape index (κ2) is 7.56. The second-order valence-electron chi connectivity index (χ2n) is 7.15. The maximum atomic E-state index is 13.2. The molecule has 0 unspecified atom stereocenters. The molecule has 142 valence electrons. The fraction of sp³-hybridized carbons (Fsp3) is 0.286. The van der Waals surface area contributed by atoms with Crippen molar-refractivity contribution in [1.82, 2.24) is 9.88 Å². The number of carbonyl (C=O) groups is 1. The van der Waals surface area contributed by atoms with Crippen LogP contribution in [0.25, 0.3) is 10.9 Å². The van der Waals surface area contributed by atoms with Crippen LogP contribution in [-0.4, -0.2) is 25.4 Å². The largest absolute Gasteiger partial charge is 0.354 e. The number of sulfone groups is 1. The molecule has 0 radical (unpaired) electrons. The van der Waals surface area contributed by atoms with Crippen LogP contribution in [0.5, 0.6) is 0 Å². The van der Waals surface area contributed by atoms with Crippen LogP contribution < -0.4 is 5.32 Å². The van der Waals surface area contributed by atoms with Crippen molar-refractivity contribution in [1.29, 1.82) is 0 Å². The van der Waals surface area contributed by atoms with Gasteiger partial charge in [-0.1, -0.05) is 49.7 Å². The van der Waals surface area contributed by atoms with Crippen LogP contribution in [0.4, 0.5) is 0 Å². The Morgan fingerprint density at radius 3 is 2.41 bits per heavy atom. The van der Waals surface area contributed by atoms with Crippen LogP contribution in [-0.2, 0) is 21.2 Å². The summed E-state index contributed by atoms with van der Waals surface area (Å²) in [5, 5.41) is 3.49. The molecule has 5 nitrogen and oxygen atoms in total. The quantitative estimate of drug-likeness (QED) is 0.707. The first-order chi connectivity index (χ1) is 12.8. The highest BCUT2D eigenvalue weighted by atomic mass is 32.2. The molecule has 1 heterocycles. The van der Waals surface area contributed by atoms with Crippen molar-refractivity contribution in [3.63, 3.8) is 0 Å². The van der Waals surface area contributed by atoms with Gasteiger partial charge in [-0.25, -0.2) is 8.42 Å². The van der Waals surface area contributed by atoms with Gasteiger partial charge in [-0.3, -0.25) is 4.79 Å². The number of aromatic nitrogens is 1. The number of para-hydroxylation sites is 1. The molecule has 3 aromatic rings. The Kier molecular flexibility index (Phi) is 5.37. The lowest BCUT2D eigenvalue weighted by Gasteiger charge is -2.09. The number of aryl methyl sites for hydroxylation is 1. The van der Waals surface area contributed by atoms with Crippen molar-refractivity contribution >= 4 is 26.6 Å². The molecule has 3 rings (SSSR count). The molecule has 0 spiro atoms. The summed E-state index contributed by atoms with van der Waals surface area (Å²) in [7, 11) is -3.68. The highest BCUT2D eigenvalue weighted by Crippen LogP contribution is 2.30. The van der Waals surface area contributed by atoms with E-state index < -0.39 is 9.84 Å². The van der Waals surface area contributed by atoms with Gasteiger partial charge in [-0.05, 0) is 31.0 Å². The molecule has 1 amide bonds. The molecule has 2 aromatic carbocycles. The number of nitrogens with one attached hydrogen (secondary N) is 1. The third-order valence-corrected chi connectivity index (χ3v) is 6.19. The van der Waals surface area contributed by atoms with Crippen LogP contribution in [0.2, 0.25) is 0 Å². The standard InChI is InChI=1S/C21H24N2O3S/c1-15(2)12-22-21(24)14-23-13-20(18-6-4-5-7-19(18)23)27(25,26)17-10-8-16(3)9-11-17/h4-11,13,15H,12,14H2,1-3H3,(H,22,24). The normalized spacial score (nSPS) is 11.9. The smallest absolute Gasteiger partial charge is 0.239 e. The molecule has 0 aliphatic heterocycles. The second-order valence-corrected chi connectivity index (χ2v) is 9.07. The first-order valence-corrected chi connectivity index (χ1v) is 10.4. The molecule has 0 bridgehead atoms. The zero-order chi connectivity index (χ0) is 19.6. The van der Waals surface area contributed by atoms with E-state index in [9.17, 15) is 13.2 Å². The Hall–Kier alpha value is -2.60. The van der Waals surface area contributed by atoms with E-state index in [2.05, 4.69) is 5.32 Å². The third-order valence-electron chi connectivity index (χ3n) is 4.39. The van der Waals surface area contributed by atoms with Gasteiger partial charge in [0.2, 0.25) is 15.7 Å². The minimum absolute atomic E-state index is 0.0800. The van der Waals surface area contributed by atoms with Crippen molar-refractivity contribution in [2.45, 2.75) is 37.1 Å². The Bertz CT molecular complexity index is 1060. The summed E-state index contributed by atoms with van der Waals surface area (Å²) in [4.78, 5) is 12.7. The number of amides is 1. The Labute approximate surface area is 159 Å². The van der Waals surface area contributed by atoms with Gasteiger partial charge in [0, 0.05) is 23.6 Å². The molecule has 0 fully saturated rings. The molecular weight excluding hydrogens is 360 g/mol. The molecule has 1 N–H and O–H groups in total. The molecule has 0 saturated carbocycles. The number of nitrogens with zero attached hydrogens (tertiary/aromatic N) is 1. The van der Waals surface area contributed by atoms with Gasteiger partial charge in [-0.15, -0.1) is 0 Å². The summed E-state index contributed by atoms with van der Waals surface area (Å²) in [6.07, 6.45) is 1.56. The van der Waals surface area contributed by atoms with Gasteiger partial charge in [0.15, 0.2) is 0 Å². The molecule has 0 aliphatic rings.